The van der Waals surface area contributed by atoms with Crippen molar-refractivity contribution in [2.45, 2.75) is 38.6 Å². The highest BCUT2D eigenvalue weighted by molar-refractivity contribution is 6.02. The fourth-order valence-electron chi connectivity index (χ4n) is 2.84. The van der Waals surface area contributed by atoms with E-state index in [0.717, 1.165) is 30.5 Å². The molecular weight excluding hydrogens is 220 g/mol. The second-order valence-electron chi connectivity index (χ2n) is 5.03. The minimum Gasteiger partial charge on any atom is -0.281 e. The summed E-state index contributed by atoms with van der Waals surface area (Å²) < 4.78 is 26.9. The third-order valence-corrected chi connectivity index (χ3v) is 3.85. The minimum atomic E-state index is -0.727. The van der Waals surface area contributed by atoms with Gasteiger partial charge in [0.05, 0.1) is 6.04 Å². The lowest BCUT2D eigenvalue weighted by Crippen LogP contribution is -2.28. The molecule has 0 saturated heterocycles. The van der Waals surface area contributed by atoms with Crippen LogP contribution in [0.3, 0.4) is 0 Å². The molecule has 3 heteroatoms. The van der Waals surface area contributed by atoms with E-state index in [1.807, 2.05) is 6.08 Å². The minimum absolute atomic E-state index is 0.216. The first-order valence-electron chi connectivity index (χ1n) is 6.21. The Morgan fingerprint density at radius 1 is 1.18 bits per heavy atom. The van der Waals surface area contributed by atoms with Crippen molar-refractivity contribution < 1.29 is 8.78 Å². The number of dihydropyridines is 1. The van der Waals surface area contributed by atoms with E-state index in [0.29, 0.717) is 0 Å². The summed E-state index contributed by atoms with van der Waals surface area (Å²) in [7, 11) is 0. The van der Waals surface area contributed by atoms with Crippen LogP contribution < -0.4 is 0 Å². The fourth-order valence-corrected chi connectivity index (χ4v) is 2.84. The average Bonchev–Trinajstić information content (AvgIpc) is 2.34. The third-order valence-electron chi connectivity index (χ3n) is 3.85. The normalized spacial score (nSPS) is 32.3. The monoisotopic (exact) mass is 235 g/mol. The SMILES string of the molecule is CC1C(F)=C(F)C=C2C=C3CCCCC3=NC21. The van der Waals surface area contributed by atoms with Crippen LogP contribution in [0.25, 0.3) is 0 Å². The molecule has 1 aliphatic heterocycles. The first-order chi connectivity index (χ1) is 8.16. The molecular formula is C14H15F2N. The Kier molecular flexibility index (Phi) is 2.49. The van der Waals surface area contributed by atoms with Crippen molar-refractivity contribution in [3.05, 3.63) is 35.0 Å². The zero-order valence-electron chi connectivity index (χ0n) is 9.84. The Labute approximate surface area is 99.6 Å². The molecule has 1 fully saturated rings. The molecule has 3 rings (SSSR count). The number of halogens is 2. The maximum absolute atomic E-state index is 13.5. The van der Waals surface area contributed by atoms with Crippen molar-refractivity contribution in [3.63, 3.8) is 0 Å². The Balaban J connectivity index is 2.04. The number of hydrogen-bond donors (Lipinski definition) is 0. The number of aliphatic imine (C=N–C) groups is 1. The highest BCUT2D eigenvalue weighted by Gasteiger charge is 2.33. The molecule has 2 unspecified atom stereocenters. The fraction of sp³-hybridized carbons (Fsp3) is 0.500. The van der Waals surface area contributed by atoms with E-state index in [4.69, 9.17) is 0 Å². The summed E-state index contributed by atoms with van der Waals surface area (Å²) in [4.78, 5) is 4.63. The van der Waals surface area contributed by atoms with E-state index in [-0.39, 0.29) is 6.04 Å². The second kappa shape index (κ2) is 3.90. The topological polar surface area (TPSA) is 12.4 Å². The lowest BCUT2D eigenvalue weighted by atomic mass is 9.81. The summed E-state index contributed by atoms with van der Waals surface area (Å²) in [5, 5.41) is 0. The van der Waals surface area contributed by atoms with Gasteiger partial charge in [0.1, 0.15) is 5.83 Å². The van der Waals surface area contributed by atoms with Gasteiger partial charge in [0.25, 0.3) is 0 Å². The van der Waals surface area contributed by atoms with Gasteiger partial charge < -0.3 is 0 Å². The summed E-state index contributed by atoms with van der Waals surface area (Å²) in [5.41, 5.74) is 3.17. The van der Waals surface area contributed by atoms with E-state index in [1.165, 1.54) is 18.1 Å². The molecule has 1 heterocycles. The summed E-state index contributed by atoms with van der Waals surface area (Å²) in [6, 6.07) is -0.216. The molecule has 0 aromatic rings. The second-order valence-corrected chi connectivity index (χ2v) is 5.03. The van der Waals surface area contributed by atoms with Crippen LogP contribution in [-0.4, -0.2) is 11.8 Å². The highest BCUT2D eigenvalue weighted by Crippen LogP contribution is 2.38. The predicted molar refractivity (Wildman–Crippen MR) is 64.3 cm³/mol. The zero-order valence-corrected chi connectivity index (χ0v) is 9.84. The van der Waals surface area contributed by atoms with E-state index in [2.05, 4.69) is 4.99 Å². The van der Waals surface area contributed by atoms with Crippen LogP contribution in [0.1, 0.15) is 32.6 Å². The number of hydrogen-bond acceptors (Lipinski definition) is 1. The molecule has 0 N–H and O–H groups in total. The number of nitrogens with zero attached hydrogens (tertiary/aromatic N) is 1. The molecule has 1 nitrogen and oxygen atoms in total. The Morgan fingerprint density at radius 3 is 2.76 bits per heavy atom. The maximum Gasteiger partial charge on any atom is 0.155 e. The van der Waals surface area contributed by atoms with Gasteiger partial charge in [0.15, 0.2) is 5.83 Å². The molecule has 0 aromatic heterocycles. The predicted octanol–water partition coefficient (Wildman–Crippen LogP) is 4.04. The maximum atomic E-state index is 13.5. The van der Waals surface area contributed by atoms with Crippen molar-refractivity contribution in [2.24, 2.45) is 10.9 Å². The van der Waals surface area contributed by atoms with Crippen LogP contribution >= 0.6 is 0 Å². The van der Waals surface area contributed by atoms with E-state index < -0.39 is 17.6 Å². The molecule has 0 spiro atoms. The van der Waals surface area contributed by atoms with Crippen LogP contribution in [0.4, 0.5) is 8.78 Å². The average molecular weight is 235 g/mol. The van der Waals surface area contributed by atoms with Crippen LogP contribution in [0.5, 0.6) is 0 Å². The molecule has 2 atom stereocenters. The molecule has 0 radical (unpaired) electrons. The highest BCUT2D eigenvalue weighted by atomic mass is 19.2. The summed E-state index contributed by atoms with van der Waals surface area (Å²) >= 11 is 0. The molecule has 0 bridgehead atoms. The molecule has 3 aliphatic rings. The summed E-state index contributed by atoms with van der Waals surface area (Å²) in [6.45, 7) is 1.71. The third kappa shape index (κ3) is 1.68. The molecule has 1 saturated carbocycles. The van der Waals surface area contributed by atoms with Crippen molar-refractivity contribution in [1.82, 2.24) is 0 Å². The van der Waals surface area contributed by atoms with Crippen molar-refractivity contribution in [1.29, 1.82) is 0 Å². The van der Waals surface area contributed by atoms with Crippen LogP contribution in [0.15, 0.2) is 39.9 Å². The summed E-state index contributed by atoms with van der Waals surface area (Å²) in [6.07, 6.45) is 7.66. The van der Waals surface area contributed by atoms with E-state index in [9.17, 15) is 8.78 Å². The van der Waals surface area contributed by atoms with Gasteiger partial charge in [0.2, 0.25) is 0 Å². The Bertz CT molecular complexity index is 482. The van der Waals surface area contributed by atoms with Crippen LogP contribution in [0.2, 0.25) is 0 Å². The smallest absolute Gasteiger partial charge is 0.155 e. The van der Waals surface area contributed by atoms with Gasteiger partial charge in [0, 0.05) is 11.6 Å². The quantitative estimate of drug-likeness (QED) is 0.601. The van der Waals surface area contributed by atoms with Gasteiger partial charge >= 0.3 is 0 Å². The first-order valence-corrected chi connectivity index (χ1v) is 6.21. The van der Waals surface area contributed by atoms with Gasteiger partial charge in [-0.15, -0.1) is 0 Å². The summed E-state index contributed by atoms with van der Waals surface area (Å²) in [5.74, 6) is -1.85. The van der Waals surface area contributed by atoms with Gasteiger partial charge in [-0.25, -0.2) is 8.78 Å². The number of rotatable bonds is 0. The largest absolute Gasteiger partial charge is 0.281 e. The van der Waals surface area contributed by atoms with Gasteiger partial charge in [-0.05, 0) is 42.9 Å². The Morgan fingerprint density at radius 2 is 1.94 bits per heavy atom. The van der Waals surface area contributed by atoms with Crippen molar-refractivity contribution in [3.8, 4) is 0 Å². The van der Waals surface area contributed by atoms with Gasteiger partial charge in [-0.3, -0.25) is 4.99 Å². The molecule has 0 amide bonds. The van der Waals surface area contributed by atoms with Crippen molar-refractivity contribution in [2.75, 3.05) is 0 Å². The standard InChI is InChI=1S/C14H15F2N/c1-8-13(16)11(15)7-10-6-9-4-2-3-5-12(9)17-14(8)10/h6-8,14H,2-5H2,1H3. The molecule has 0 aromatic carbocycles. The van der Waals surface area contributed by atoms with Crippen LogP contribution in [-0.2, 0) is 0 Å². The molecule has 90 valence electrons. The first kappa shape index (κ1) is 10.9. The lowest BCUT2D eigenvalue weighted by molar-refractivity contribution is 0.410. The lowest BCUT2D eigenvalue weighted by Gasteiger charge is -2.31. The van der Waals surface area contributed by atoms with E-state index in [1.54, 1.807) is 6.92 Å². The molecule has 2 aliphatic carbocycles. The Hall–Kier alpha value is -1.25. The number of allylic oxidation sites excluding steroid dienone is 3. The van der Waals surface area contributed by atoms with Crippen LogP contribution in [0, 0.1) is 5.92 Å². The number of fused-ring (bicyclic) bond motifs is 2. The van der Waals surface area contributed by atoms with Gasteiger partial charge in [-0.1, -0.05) is 13.0 Å². The van der Waals surface area contributed by atoms with Crippen molar-refractivity contribution >= 4 is 5.71 Å². The van der Waals surface area contributed by atoms with E-state index >= 15 is 0 Å². The molecule has 17 heavy (non-hydrogen) atoms. The van der Waals surface area contributed by atoms with Gasteiger partial charge in [-0.2, -0.15) is 0 Å². The zero-order chi connectivity index (χ0) is 12.0.